The van der Waals surface area contributed by atoms with E-state index in [1.165, 1.54) is 6.92 Å². The molecule has 3 nitrogen and oxygen atoms in total. The number of rotatable bonds is 3. The molecule has 0 aliphatic carbocycles. The number of benzene rings is 1. The Morgan fingerprint density at radius 3 is 2.50 bits per heavy atom. The molecule has 0 unspecified atom stereocenters. The van der Waals surface area contributed by atoms with Crippen LogP contribution < -0.4 is 4.74 Å². The molecular formula is C14H12BrNO2. The number of carbonyl (C=O) groups excluding carboxylic acids is 1. The minimum absolute atomic E-state index is 0.0189. The Bertz CT molecular complexity index is 579. The van der Waals surface area contributed by atoms with Gasteiger partial charge in [0.1, 0.15) is 11.5 Å². The molecule has 1 heterocycles. The Morgan fingerprint density at radius 2 is 1.94 bits per heavy atom. The summed E-state index contributed by atoms with van der Waals surface area (Å²) in [6.45, 7) is 3.45. The van der Waals surface area contributed by atoms with Crippen LogP contribution in [0.15, 0.2) is 41.0 Å². The Hall–Kier alpha value is -1.68. The normalized spacial score (nSPS) is 10.2. The fourth-order valence-corrected chi connectivity index (χ4v) is 2.13. The Kier molecular flexibility index (Phi) is 3.77. The molecule has 0 saturated carbocycles. The van der Waals surface area contributed by atoms with Crippen LogP contribution in [0.25, 0.3) is 0 Å². The molecule has 92 valence electrons. The van der Waals surface area contributed by atoms with Gasteiger partial charge < -0.3 is 4.74 Å². The van der Waals surface area contributed by atoms with E-state index in [1.807, 2.05) is 19.1 Å². The average Bonchev–Trinajstić information content (AvgIpc) is 2.32. The maximum Gasteiger partial charge on any atom is 0.160 e. The van der Waals surface area contributed by atoms with Crippen LogP contribution in [-0.4, -0.2) is 10.8 Å². The van der Waals surface area contributed by atoms with Crippen molar-refractivity contribution in [3.63, 3.8) is 0 Å². The number of ketones is 1. The van der Waals surface area contributed by atoms with Crippen LogP contribution in [0, 0.1) is 6.92 Å². The minimum Gasteiger partial charge on any atom is -0.456 e. The number of hydrogen-bond donors (Lipinski definition) is 0. The number of nitrogens with zero attached hydrogens (tertiary/aromatic N) is 1. The lowest BCUT2D eigenvalue weighted by Gasteiger charge is -2.07. The quantitative estimate of drug-likeness (QED) is 0.800. The summed E-state index contributed by atoms with van der Waals surface area (Å²) in [5, 5.41) is 0. The van der Waals surface area contributed by atoms with Crippen molar-refractivity contribution in [2.24, 2.45) is 0 Å². The van der Waals surface area contributed by atoms with Gasteiger partial charge in [-0.15, -0.1) is 0 Å². The van der Waals surface area contributed by atoms with Crippen molar-refractivity contribution in [1.82, 2.24) is 4.98 Å². The van der Waals surface area contributed by atoms with Gasteiger partial charge in [-0.05, 0) is 60.1 Å². The van der Waals surface area contributed by atoms with E-state index in [-0.39, 0.29) is 5.78 Å². The largest absolute Gasteiger partial charge is 0.456 e. The second kappa shape index (κ2) is 5.31. The Balaban J connectivity index is 2.22. The van der Waals surface area contributed by atoms with Gasteiger partial charge in [-0.1, -0.05) is 0 Å². The zero-order chi connectivity index (χ0) is 13.1. The first-order valence-corrected chi connectivity index (χ1v) is 6.26. The van der Waals surface area contributed by atoms with E-state index in [0.717, 1.165) is 10.2 Å². The summed E-state index contributed by atoms with van der Waals surface area (Å²) in [4.78, 5) is 15.4. The van der Waals surface area contributed by atoms with Crippen molar-refractivity contribution >= 4 is 21.7 Å². The maximum absolute atomic E-state index is 11.3. The summed E-state index contributed by atoms with van der Waals surface area (Å²) in [7, 11) is 0. The second-order valence-electron chi connectivity index (χ2n) is 3.94. The van der Waals surface area contributed by atoms with Crippen molar-refractivity contribution in [3.8, 4) is 11.5 Å². The molecule has 1 aromatic heterocycles. The molecule has 18 heavy (non-hydrogen) atoms. The monoisotopic (exact) mass is 305 g/mol. The van der Waals surface area contributed by atoms with E-state index >= 15 is 0 Å². The lowest BCUT2D eigenvalue weighted by atomic mass is 10.1. The third kappa shape index (κ3) is 2.96. The number of aromatic nitrogens is 1. The third-order valence-corrected chi connectivity index (χ3v) is 3.10. The highest BCUT2D eigenvalue weighted by atomic mass is 79.9. The van der Waals surface area contributed by atoms with Gasteiger partial charge in [0.05, 0.1) is 6.20 Å². The van der Waals surface area contributed by atoms with Gasteiger partial charge in [-0.2, -0.15) is 0 Å². The van der Waals surface area contributed by atoms with Gasteiger partial charge in [-0.25, -0.2) is 0 Å². The fourth-order valence-electron chi connectivity index (χ4n) is 1.50. The van der Waals surface area contributed by atoms with Crippen LogP contribution >= 0.6 is 15.9 Å². The molecule has 0 spiro atoms. The molecule has 0 aliphatic heterocycles. The smallest absolute Gasteiger partial charge is 0.160 e. The summed E-state index contributed by atoms with van der Waals surface area (Å²) in [5.74, 6) is 1.35. The number of hydrogen-bond acceptors (Lipinski definition) is 3. The number of pyridine rings is 1. The molecule has 0 atom stereocenters. The molecular weight excluding hydrogens is 294 g/mol. The summed E-state index contributed by atoms with van der Waals surface area (Å²) >= 11 is 3.36. The topological polar surface area (TPSA) is 39.2 Å². The van der Waals surface area contributed by atoms with E-state index in [2.05, 4.69) is 20.9 Å². The minimum atomic E-state index is 0.0189. The molecule has 1 aromatic carbocycles. The zero-order valence-corrected chi connectivity index (χ0v) is 11.7. The highest BCUT2D eigenvalue weighted by Gasteiger charge is 2.07. The van der Waals surface area contributed by atoms with E-state index in [9.17, 15) is 4.79 Å². The fraction of sp³-hybridized carbons (Fsp3) is 0.143. The molecule has 0 N–H and O–H groups in total. The lowest BCUT2D eigenvalue weighted by Crippen LogP contribution is -1.94. The molecule has 0 saturated heterocycles. The van der Waals surface area contributed by atoms with Crippen molar-refractivity contribution in [2.45, 2.75) is 13.8 Å². The highest BCUT2D eigenvalue weighted by Crippen LogP contribution is 2.27. The zero-order valence-electron chi connectivity index (χ0n) is 10.1. The second-order valence-corrected chi connectivity index (χ2v) is 4.79. The van der Waals surface area contributed by atoms with Crippen molar-refractivity contribution in [1.29, 1.82) is 0 Å². The highest BCUT2D eigenvalue weighted by molar-refractivity contribution is 9.10. The molecule has 0 aliphatic rings. The summed E-state index contributed by atoms with van der Waals surface area (Å²) < 4.78 is 6.37. The SMILES string of the molecule is CC(=O)c1ccc(Oc2ccc(C)nc2)cc1Br. The van der Waals surface area contributed by atoms with Gasteiger partial charge in [0, 0.05) is 15.7 Å². The van der Waals surface area contributed by atoms with Crippen LogP contribution in [0.5, 0.6) is 11.5 Å². The predicted molar refractivity (Wildman–Crippen MR) is 73.2 cm³/mol. The standard InChI is InChI=1S/C14H12BrNO2/c1-9-3-4-12(8-16-9)18-11-5-6-13(10(2)17)14(15)7-11/h3-8H,1-2H3. The molecule has 0 radical (unpaired) electrons. The van der Waals surface area contributed by atoms with E-state index in [1.54, 1.807) is 24.4 Å². The van der Waals surface area contributed by atoms with Crippen LogP contribution in [0.2, 0.25) is 0 Å². The number of Topliss-reactive ketones (excluding diaryl/α,β-unsaturated/α-hetero) is 1. The van der Waals surface area contributed by atoms with E-state index in [0.29, 0.717) is 17.1 Å². The Labute approximate surface area is 114 Å². The van der Waals surface area contributed by atoms with Gasteiger partial charge in [0.25, 0.3) is 0 Å². The van der Waals surface area contributed by atoms with E-state index in [4.69, 9.17) is 4.74 Å². The molecule has 0 bridgehead atoms. The first-order valence-electron chi connectivity index (χ1n) is 5.47. The molecule has 0 fully saturated rings. The van der Waals surface area contributed by atoms with Crippen LogP contribution in [0.1, 0.15) is 23.0 Å². The average molecular weight is 306 g/mol. The van der Waals surface area contributed by atoms with Crippen LogP contribution in [0.4, 0.5) is 0 Å². The summed E-state index contributed by atoms with van der Waals surface area (Å²) in [5.41, 5.74) is 1.58. The molecule has 4 heteroatoms. The predicted octanol–water partition coefficient (Wildman–Crippen LogP) is 4.15. The molecule has 2 aromatic rings. The number of carbonyl (C=O) groups is 1. The number of aryl methyl sites for hydroxylation is 1. The first kappa shape index (κ1) is 12.8. The number of halogens is 1. The lowest BCUT2D eigenvalue weighted by molar-refractivity contribution is 0.101. The van der Waals surface area contributed by atoms with Crippen molar-refractivity contribution in [3.05, 3.63) is 52.3 Å². The molecule has 0 amide bonds. The third-order valence-electron chi connectivity index (χ3n) is 2.44. The molecule has 2 rings (SSSR count). The van der Waals surface area contributed by atoms with Crippen molar-refractivity contribution in [2.75, 3.05) is 0 Å². The van der Waals surface area contributed by atoms with Crippen LogP contribution in [0.3, 0.4) is 0 Å². The van der Waals surface area contributed by atoms with Gasteiger partial charge >= 0.3 is 0 Å². The van der Waals surface area contributed by atoms with Gasteiger partial charge in [0.2, 0.25) is 0 Å². The summed E-state index contributed by atoms with van der Waals surface area (Å²) in [6.07, 6.45) is 1.67. The van der Waals surface area contributed by atoms with E-state index < -0.39 is 0 Å². The van der Waals surface area contributed by atoms with Crippen molar-refractivity contribution < 1.29 is 9.53 Å². The first-order chi connectivity index (χ1) is 8.56. The maximum atomic E-state index is 11.3. The summed E-state index contributed by atoms with van der Waals surface area (Å²) in [6, 6.07) is 9.02. The van der Waals surface area contributed by atoms with Crippen LogP contribution in [-0.2, 0) is 0 Å². The Morgan fingerprint density at radius 1 is 1.22 bits per heavy atom. The van der Waals surface area contributed by atoms with Gasteiger partial charge in [0.15, 0.2) is 5.78 Å². The van der Waals surface area contributed by atoms with Gasteiger partial charge in [-0.3, -0.25) is 9.78 Å². The number of ether oxygens (including phenoxy) is 1.